The molecule has 0 bridgehead atoms. The Morgan fingerprint density at radius 2 is 2.00 bits per heavy atom. The molecule has 0 aromatic heterocycles. The van der Waals surface area contributed by atoms with Gasteiger partial charge in [-0.1, -0.05) is 18.1 Å². The molecule has 1 spiro atoms. The average molecular weight is 344 g/mol. The number of fused-ring (bicyclic) bond motifs is 5. The minimum Gasteiger partial charge on any atom is -0.498 e. The largest absolute Gasteiger partial charge is 0.498 e. The first kappa shape index (κ1) is 16.4. The normalized spacial score (nSPS) is 42.0. The lowest BCUT2D eigenvalue weighted by molar-refractivity contribution is -0.238. The third-order valence-corrected chi connectivity index (χ3v) is 8.18. The van der Waals surface area contributed by atoms with Gasteiger partial charge < -0.3 is 14.2 Å². The van der Waals surface area contributed by atoms with E-state index in [1.807, 2.05) is 0 Å². The van der Waals surface area contributed by atoms with E-state index in [1.165, 1.54) is 37.9 Å². The summed E-state index contributed by atoms with van der Waals surface area (Å²) >= 11 is 0. The molecule has 25 heavy (non-hydrogen) atoms. The molecule has 2 saturated carbocycles. The van der Waals surface area contributed by atoms with Crippen LogP contribution in [0, 0.1) is 23.2 Å². The van der Waals surface area contributed by atoms with Crippen molar-refractivity contribution < 1.29 is 14.2 Å². The summed E-state index contributed by atoms with van der Waals surface area (Å²) in [5, 5.41) is 0. The fourth-order valence-corrected chi connectivity index (χ4v) is 7.07. The molecule has 4 atom stereocenters. The van der Waals surface area contributed by atoms with Crippen LogP contribution in [0.5, 0.6) is 0 Å². The van der Waals surface area contributed by atoms with Crippen molar-refractivity contribution in [1.82, 2.24) is 0 Å². The van der Waals surface area contributed by atoms with Crippen molar-refractivity contribution in [1.29, 1.82) is 0 Å². The van der Waals surface area contributed by atoms with E-state index in [1.54, 1.807) is 11.1 Å². The Labute approximate surface area is 151 Å². The predicted molar refractivity (Wildman–Crippen MR) is 96.9 cm³/mol. The molecule has 0 amide bonds. The summed E-state index contributed by atoms with van der Waals surface area (Å²) in [6.45, 7) is 6.94. The Bertz CT molecular complexity index is 613. The first-order valence-corrected chi connectivity index (χ1v) is 10.5. The molecule has 0 radical (unpaired) electrons. The molecule has 3 unspecified atom stereocenters. The molecule has 0 N–H and O–H groups in total. The zero-order valence-electron chi connectivity index (χ0n) is 15.8. The molecule has 3 fully saturated rings. The number of rotatable bonds is 2. The Morgan fingerprint density at radius 1 is 1.16 bits per heavy atom. The lowest BCUT2D eigenvalue weighted by Gasteiger charge is -2.53. The van der Waals surface area contributed by atoms with Crippen LogP contribution in [-0.2, 0) is 14.2 Å². The van der Waals surface area contributed by atoms with Crippen LogP contribution in [0.4, 0.5) is 0 Å². The summed E-state index contributed by atoms with van der Waals surface area (Å²) in [5.74, 6) is 3.37. The van der Waals surface area contributed by atoms with Crippen LogP contribution in [0.2, 0.25) is 0 Å². The highest BCUT2D eigenvalue weighted by Crippen LogP contribution is 2.66. The van der Waals surface area contributed by atoms with Crippen molar-refractivity contribution in [2.45, 2.75) is 71.0 Å². The minimum atomic E-state index is -0.258. The van der Waals surface area contributed by atoms with Crippen LogP contribution in [0.1, 0.15) is 65.2 Å². The molecule has 138 valence electrons. The topological polar surface area (TPSA) is 27.7 Å². The van der Waals surface area contributed by atoms with Crippen LogP contribution in [0.25, 0.3) is 0 Å². The summed E-state index contributed by atoms with van der Waals surface area (Å²) in [6.07, 6.45) is 12.2. The van der Waals surface area contributed by atoms with Gasteiger partial charge in [0.15, 0.2) is 5.79 Å². The quantitative estimate of drug-likeness (QED) is 0.662. The molecule has 0 aromatic rings. The number of hydrogen-bond acceptors (Lipinski definition) is 3. The van der Waals surface area contributed by atoms with Gasteiger partial charge >= 0.3 is 0 Å². The molecule has 4 aliphatic carbocycles. The zero-order valence-corrected chi connectivity index (χ0v) is 15.8. The first-order valence-electron chi connectivity index (χ1n) is 10.5. The van der Waals surface area contributed by atoms with Crippen molar-refractivity contribution in [2.24, 2.45) is 23.2 Å². The third kappa shape index (κ3) is 2.24. The highest BCUT2D eigenvalue weighted by Gasteiger charge is 2.65. The van der Waals surface area contributed by atoms with Crippen molar-refractivity contribution in [3.63, 3.8) is 0 Å². The second-order valence-electron chi connectivity index (χ2n) is 8.97. The molecule has 3 nitrogen and oxygen atoms in total. The molecular weight excluding hydrogens is 312 g/mol. The van der Waals surface area contributed by atoms with Crippen LogP contribution in [0.3, 0.4) is 0 Å². The van der Waals surface area contributed by atoms with E-state index in [0.29, 0.717) is 0 Å². The van der Waals surface area contributed by atoms with Crippen molar-refractivity contribution in [3.05, 3.63) is 23.0 Å². The van der Waals surface area contributed by atoms with Gasteiger partial charge in [-0.05, 0) is 69.3 Å². The Kier molecular flexibility index (Phi) is 3.83. The van der Waals surface area contributed by atoms with Crippen molar-refractivity contribution in [3.8, 4) is 0 Å². The maximum absolute atomic E-state index is 6.24. The van der Waals surface area contributed by atoms with Gasteiger partial charge in [0.1, 0.15) is 0 Å². The average Bonchev–Trinajstić information content (AvgIpc) is 3.21. The number of ether oxygens (including phenoxy) is 3. The van der Waals surface area contributed by atoms with Gasteiger partial charge in [-0.15, -0.1) is 0 Å². The zero-order chi connectivity index (χ0) is 17.1. The van der Waals surface area contributed by atoms with E-state index in [0.717, 1.165) is 56.8 Å². The summed E-state index contributed by atoms with van der Waals surface area (Å²) in [4.78, 5) is 0. The molecule has 5 aliphatic rings. The Hall–Kier alpha value is -0.800. The van der Waals surface area contributed by atoms with Crippen LogP contribution in [-0.4, -0.2) is 25.6 Å². The van der Waals surface area contributed by atoms with Gasteiger partial charge in [0.2, 0.25) is 0 Å². The second kappa shape index (κ2) is 5.85. The highest BCUT2D eigenvalue weighted by molar-refractivity contribution is 5.33. The van der Waals surface area contributed by atoms with E-state index in [2.05, 4.69) is 19.9 Å². The molecule has 1 saturated heterocycles. The van der Waals surface area contributed by atoms with E-state index in [4.69, 9.17) is 14.2 Å². The first-order chi connectivity index (χ1) is 12.2. The van der Waals surface area contributed by atoms with Gasteiger partial charge in [-0.25, -0.2) is 0 Å². The fourth-order valence-electron chi connectivity index (χ4n) is 7.07. The SMILES string of the molecule is CCOC1=CCC2=C(CCC3C2CC[C@@]2(C)C3CCC23OCCO3)C1. The summed E-state index contributed by atoms with van der Waals surface area (Å²) < 4.78 is 18.3. The lowest BCUT2D eigenvalue weighted by atomic mass is 9.54. The second-order valence-corrected chi connectivity index (χ2v) is 8.97. The van der Waals surface area contributed by atoms with Crippen molar-refractivity contribution >= 4 is 0 Å². The summed E-state index contributed by atoms with van der Waals surface area (Å²) in [6, 6.07) is 0. The van der Waals surface area contributed by atoms with E-state index in [9.17, 15) is 0 Å². The summed E-state index contributed by atoms with van der Waals surface area (Å²) in [7, 11) is 0. The standard InChI is InChI=1S/C22H32O3/c1-3-23-16-5-7-17-15(14-16)4-6-19-18(17)8-10-21(2)20(19)9-11-22(21)24-12-13-25-22/h5,18-20H,3-4,6-14H2,1-2H3/t18?,19?,20?,21-/m0/s1. The summed E-state index contributed by atoms with van der Waals surface area (Å²) in [5.41, 5.74) is 3.71. The van der Waals surface area contributed by atoms with Gasteiger partial charge in [0, 0.05) is 18.3 Å². The van der Waals surface area contributed by atoms with Crippen LogP contribution < -0.4 is 0 Å². The van der Waals surface area contributed by atoms with Crippen LogP contribution in [0.15, 0.2) is 23.0 Å². The van der Waals surface area contributed by atoms with E-state index < -0.39 is 0 Å². The van der Waals surface area contributed by atoms with Crippen molar-refractivity contribution in [2.75, 3.05) is 19.8 Å². The molecule has 3 heteroatoms. The number of hydrogen-bond donors (Lipinski definition) is 0. The third-order valence-electron chi connectivity index (χ3n) is 8.18. The molecule has 0 aromatic carbocycles. The van der Waals surface area contributed by atoms with Gasteiger partial charge in [0.05, 0.1) is 25.6 Å². The molecule has 5 rings (SSSR count). The van der Waals surface area contributed by atoms with Gasteiger partial charge in [-0.3, -0.25) is 0 Å². The molecular formula is C22H32O3. The lowest BCUT2D eigenvalue weighted by Crippen LogP contribution is -2.52. The van der Waals surface area contributed by atoms with E-state index in [-0.39, 0.29) is 11.2 Å². The van der Waals surface area contributed by atoms with Crippen LogP contribution >= 0.6 is 0 Å². The van der Waals surface area contributed by atoms with Gasteiger partial charge in [-0.2, -0.15) is 0 Å². The molecule has 1 heterocycles. The fraction of sp³-hybridized carbons (Fsp3) is 0.818. The highest BCUT2D eigenvalue weighted by atomic mass is 16.7. The van der Waals surface area contributed by atoms with E-state index >= 15 is 0 Å². The van der Waals surface area contributed by atoms with Gasteiger partial charge in [0.25, 0.3) is 0 Å². The molecule has 1 aliphatic heterocycles. The number of allylic oxidation sites excluding steroid dienone is 3. The maximum Gasteiger partial charge on any atom is 0.174 e. The predicted octanol–water partition coefficient (Wildman–Crippen LogP) is 4.98. The maximum atomic E-state index is 6.24. The smallest absolute Gasteiger partial charge is 0.174 e. The Balaban J connectivity index is 1.40. The minimum absolute atomic E-state index is 0.226. The Morgan fingerprint density at radius 3 is 2.80 bits per heavy atom. The monoisotopic (exact) mass is 344 g/mol.